The lowest BCUT2D eigenvalue weighted by atomic mass is 9.88. The first kappa shape index (κ1) is 21.0. The highest BCUT2D eigenvalue weighted by molar-refractivity contribution is 5.66. The molecule has 0 aliphatic heterocycles. The van der Waals surface area contributed by atoms with Crippen LogP contribution in [0.4, 0.5) is 0 Å². The van der Waals surface area contributed by atoms with Crippen LogP contribution < -0.4 is 0 Å². The molecule has 1 unspecified atom stereocenters. The summed E-state index contributed by atoms with van der Waals surface area (Å²) in [5.41, 5.74) is 1.38. The summed E-state index contributed by atoms with van der Waals surface area (Å²) >= 11 is 0. The number of allylic oxidation sites excluding steroid dienone is 3. The van der Waals surface area contributed by atoms with Gasteiger partial charge in [-0.1, -0.05) is 44.8 Å². The van der Waals surface area contributed by atoms with E-state index >= 15 is 0 Å². The zero-order valence-corrected chi connectivity index (χ0v) is 16.4. The number of hydrogen-bond acceptors (Lipinski definition) is 3. The van der Waals surface area contributed by atoms with E-state index < -0.39 is 12.1 Å². The Kier molecular flexibility index (Phi) is 8.20. The van der Waals surface area contributed by atoms with Gasteiger partial charge >= 0.3 is 5.97 Å². The van der Waals surface area contributed by atoms with Crippen molar-refractivity contribution in [3.8, 4) is 0 Å². The molecule has 4 heteroatoms. The van der Waals surface area contributed by atoms with E-state index in [0.29, 0.717) is 29.9 Å². The molecule has 5 atom stereocenters. The second-order valence-corrected chi connectivity index (χ2v) is 8.42. The van der Waals surface area contributed by atoms with Crippen LogP contribution in [-0.4, -0.2) is 27.4 Å². The van der Waals surface area contributed by atoms with Crippen molar-refractivity contribution >= 4 is 5.97 Å². The smallest absolute Gasteiger partial charge is 0.303 e. The largest absolute Gasteiger partial charge is 0.512 e. The number of aliphatic hydroxyl groups excluding tert-OH is 2. The van der Waals surface area contributed by atoms with Crippen LogP contribution in [0.25, 0.3) is 0 Å². The highest BCUT2D eigenvalue weighted by atomic mass is 16.4. The Hall–Kier alpha value is -1.29. The molecule has 26 heavy (non-hydrogen) atoms. The molecule has 0 bridgehead atoms. The van der Waals surface area contributed by atoms with Crippen molar-refractivity contribution in [3.63, 3.8) is 0 Å². The van der Waals surface area contributed by atoms with E-state index in [2.05, 4.69) is 19.9 Å². The Labute approximate surface area is 158 Å². The number of unbranched alkanes of at least 4 members (excludes halogenated alkanes) is 2. The van der Waals surface area contributed by atoms with Gasteiger partial charge < -0.3 is 15.3 Å². The molecule has 0 aromatic carbocycles. The number of aliphatic carboxylic acids is 1. The lowest BCUT2D eigenvalue weighted by Crippen LogP contribution is -2.21. The molecular weight excluding hydrogens is 328 g/mol. The van der Waals surface area contributed by atoms with Crippen molar-refractivity contribution in [2.75, 3.05) is 0 Å². The maximum atomic E-state index is 10.6. The van der Waals surface area contributed by atoms with Crippen molar-refractivity contribution < 1.29 is 20.1 Å². The third-order valence-electron chi connectivity index (χ3n) is 6.20. The van der Waals surface area contributed by atoms with Crippen LogP contribution in [0.2, 0.25) is 0 Å². The second-order valence-electron chi connectivity index (χ2n) is 8.42. The van der Waals surface area contributed by atoms with Gasteiger partial charge in [-0.15, -0.1) is 0 Å². The fraction of sp³-hybridized carbons (Fsp3) is 0.773. The predicted octanol–water partition coefficient (Wildman–Crippen LogP) is 5.23. The van der Waals surface area contributed by atoms with Crippen LogP contribution >= 0.6 is 0 Å². The molecule has 2 aliphatic rings. The molecule has 0 heterocycles. The molecular formula is C22H36O4. The number of carboxylic acids is 1. The number of fused-ring (bicyclic) bond motifs is 1. The number of carboxylic acid groups (broad SMARTS) is 1. The summed E-state index contributed by atoms with van der Waals surface area (Å²) < 4.78 is 0. The van der Waals surface area contributed by atoms with E-state index in [-0.39, 0.29) is 12.3 Å². The summed E-state index contributed by atoms with van der Waals surface area (Å²) in [5.74, 6) is 0.883. The average molecular weight is 365 g/mol. The standard InChI is InChI=1S/C22H36O4/c1-3-4-7-15(2)10-11-19(23)22-18-13-16(8-5-6-9-21(25)26)12-17(18)14-20(22)24/h8,11,15,17-18,20,22-24H,3-7,9-10,12-14H2,1-2H3,(H,25,26)/b16-8-,19-11+/t15?,17-,18-,20+,22-/m0/s1. The third-order valence-corrected chi connectivity index (χ3v) is 6.20. The molecule has 0 radical (unpaired) electrons. The number of rotatable bonds is 10. The van der Waals surface area contributed by atoms with Gasteiger partial charge in [-0.2, -0.15) is 0 Å². The normalized spacial score (nSPS) is 31.3. The molecule has 0 saturated heterocycles. The first-order valence-electron chi connectivity index (χ1n) is 10.4. The van der Waals surface area contributed by atoms with Gasteiger partial charge in [-0.3, -0.25) is 4.79 Å². The molecule has 3 N–H and O–H groups in total. The molecule has 2 fully saturated rings. The van der Waals surface area contributed by atoms with Gasteiger partial charge in [-0.25, -0.2) is 0 Å². The maximum absolute atomic E-state index is 10.6. The first-order chi connectivity index (χ1) is 12.4. The first-order valence-corrected chi connectivity index (χ1v) is 10.4. The van der Waals surface area contributed by atoms with Crippen molar-refractivity contribution in [2.45, 2.75) is 84.2 Å². The van der Waals surface area contributed by atoms with Gasteiger partial charge in [0.2, 0.25) is 0 Å². The van der Waals surface area contributed by atoms with Crippen LogP contribution in [0.15, 0.2) is 23.5 Å². The van der Waals surface area contributed by atoms with Crippen molar-refractivity contribution in [2.24, 2.45) is 23.7 Å². The number of carbonyl (C=O) groups is 1. The minimum atomic E-state index is -0.738. The second kappa shape index (κ2) is 10.1. The summed E-state index contributed by atoms with van der Waals surface area (Å²) in [5, 5.41) is 29.8. The Morgan fingerprint density at radius 1 is 1.27 bits per heavy atom. The molecule has 0 spiro atoms. The Morgan fingerprint density at radius 2 is 2.04 bits per heavy atom. The van der Waals surface area contributed by atoms with E-state index in [1.54, 1.807) is 0 Å². The van der Waals surface area contributed by atoms with Crippen LogP contribution in [-0.2, 0) is 4.79 Å². The minimum Gasteiger partial charge on any atom is -0.512 e. The summed E-state index contributed by atoms with van der Waals surface area (Å²) in [7, 11) is 0. The Morgan fingerprint density at radius 3 is 2.73 bits per heavy atom. The van der Waals surface area contributed by atoms with E-state index in [0.717, 1.165) is 32.1 Å². The molecule has 2 rings (SSSR count). The lowest BCUT2D eigenvalue weighted by molar-refractivity contribution is -0.137. The van der Waals surface area contributed by atoms with E-state index in [1.807, 2.05) is 6.08 Å². The molecule has 4 nitrogen and oxygen atoms in total. The third kappa shape index (κ3) is 5.87. The highest BCUT2D eigenvalue weighted by Gasteiger charge is 2.47. The van der Waals surface area contributed by atoms with E-state index in [4.69, 9.17) is 5.11 Å². The van der Waals surface area contributed by atoms with Crippen molar-refractivity contribution in [1.82, 2.24) is 0 Å². The monoisotopic (exact) mass is 364 g/mol. The minimum absolute atomic E-state index is 0.122. The molecule has 0 aromatic rings. The predicted molar refractivity (Wildman–Crippen MR) is 104 cm³/mol. The summed E-state index contributed by atoms with van der Waals surface area (Å²) in [6.45, 7) is 4.42. The topological polar surface area (TPSA) is 77.8 Å². The van der Waals surface area contributed by atoms with Gasteiger partial charge in [0.05, 0.1) is 11.9 Å². The van der Waals surface area contributed by atoms with Gasteiger partial charge in [0, 0.05) is 12.3 Å². The summed E-state index contributed by atoms with van der Waals surface area (Å²) in [4.78, 5) is 10.6. The zero-order chi connectivity index (χ0) is 19.1. The fourth-order valence-electron chi connectivity index (χ4n) is 4.73. The molecule has 2 aliphatic carbocycles. The quantitative estimate of drug-likeness (QED) is 0.282. The maximum Gasteiger partial charge on any atom is 0.303 e. The van der Waals surface area contributed by atoms with Crippen molar-refractivity contribution in [1.29, 1.82) is 0 Å². The van der Waals surface area contributed by atoms with Gasteiger partial charge in [-0.05, 0) is 62.4 Å². The fourth-order valence-corrected chi connectivity index (χ4v) is 4.73. The molecule has 0 aromatic heterocycles. The number of hydrogen-bond donors (Lipinski definition) is 3. The zero-order valence-electron chi connectivity index (χ0n) is 16.4. The van der Waals surface area contributed by atoms with Crippen molar-refractivity contribution in [3.05, 3.63) is 23.5 Å². The average Bonchev–Trinajstić information content (AvgIpc) is 3.10. The Bertz CT molecular complexity index is 522. The Balaban J connectivity index is 1.89. The van der Waals surface area contributed by atoms with Gasteiger partial charge in [0.15, 0.2) is 0 Å². The van der Waals surface area contributed by atoms with E-state index in [1.165, 1.54) is 24.8 Å². The highest BCUT2D eigenvalue weighted by Crippen LogP contribution is 2.52. The van der Waals surface area contributed by atoms with Crippen LogP contribution in [0, 0.1) is 23.7 Å². The number of aliphatic hydroxyl groups is 2. The SMILES string of the molecule is CCCCC(C)C/C=C(/O)[C@@H]1[C@H]2C/C(=C\CCCC(=O)O)C[C@H]2C[C@H]1O. The van der Waals surface area contributed by atoms with Gasteiger partial charge in [0.1, 0.15) is 0 Å². The molecule has 2 saturated carbocycles. The molecule has 0 amide bonds. The van der Waals surface area contributed by atoms with Crippen LogP contribution in [0.5, 0.6) is 0 Å². The molecule has 148 valence electrons. The van der Waals surface area contributed by atoms with Crippen LogP contribution in [0.1, 0.15) is 78.1 Å². The van der Waals surface area contributed by atoms with Gasteiger partial charge in [0.25, 0.3) is 0 Å². The summed E-state index contributed by atoms with van der Waals surface area (Å²) in [6, 6.07) is 0. The van der Waals surface area contributed by atoms with E-state index in [9.17, 15) is 15.0 Å². The van der Waals surface area contributed by atoms with Crippen LogP contribution in [0.3, 0.4) is 0 Å². The summed E-state index contributed by atoms with van der Waals surface area (Å²) in [6.07, 6.45) is 12.6. The lowest BCUT2D eigenvalue weighted by Gasteiger charge is -2.21.